The molecular weight excluding hydrogens is 508 g/mol. The van der Waals surface area contributed by atoms with E-state index in [1.165, 1.54) is 0 Å². The van der Waals surface area contributed by atoms with Gasteiger partial charge in [-0.05, 0) is 98.2 Å². The second kappa shape index (κ2) is 10.8. The molecule has 9 heteroatoms. The standard InChI is InChI=1S/C29H52O8S/c1-17(2)19(10-13-37-38(34,35)36)7-6-18(3)23-15-24(31)26-21-14-25(32)29(33)16-20(30)8-12-28(29,5)22(21)9-11-27(23,26)4/h17-26,30-33H,6-16H2,1-5H3,(H,34,35,36)/t18-,19-,20+,21?,22?,23-,24?,25-,26?,27-,28-,29+/m1/s1. The van der Waals surface area contributed by atoms with Crippen molar-refractivity contribution in [3.8, 4) is 0 Å². The lowest BCUT2D eigenvalue weighted by Gasteiger charge is -2.65. The van der Waals surface area contributed by atoms with Crippen LogP contribution >= 0.6 is 0 Å². The maximum atomic E-state index is 11.7. The summed E-state index contributed by atoms with van der Waals surface area (Å²) in [4.78, 5) is 0. The molecule has 0 radical (unpaired) electrons. The maximum Gasteiger partial charge on any atom is 0.397 e. The average molecular weight is 561 g/mol. The zero-order valence-corrected chi connectivity index (χ0v) is 24.7. The van der Waals surface area contributed by atoms with E-state index in [0.717, 1.165) is 32.1 Å². The zero-order chi connectivity index (χ0) is 28.3. The molecule has 38 heavy (non-hydrogen) atoms. The first-order valence-corrected chi connectivity index (χ1v) is 16.3. The van der Waals surface area contributed by atoms with Crippen LogP contribution in [0.5, 0.6) is 0 Å². The second-order valence-corrected chi connectivity index (χ2v) is 15.4. The van der Waals surface area contributed by atoms with Crippen molar-refractivity contribution in [1.29, 1.82) is 0 Å². The maximum absolute atomic E-state index is 11.7. The summed E-state index contributed by atoms with van der Waals surface area (Å²) in [6, 6.07) is 0. The van der Waals surface area contributed by atoms with Crippen molar-refractivity contribution in [2.24, 2.45) is 52.3 Å². The van der Waals surface area contributed by atoms with Crippen molar-refractivity contribution in [2.75, 3.05) is 6.61 Å². The van der Waals surface area contributed by atoms with E-state index in [9.17, 15) is 28.8 Å². The molecule has 4 aliphatic carbocycles. The first kappa shape index (κ1) is 30.7. The van der Waals surface area contributed by atoms with Crippen molar-refractivity contribution in [3.05, 3.63) is 0 Å². The van der Waals surface area contributed by atoms with Crippen LogP contribution in [0.1, 0.15) is 98.8 Å². The van der Waals surface area contributed by atoms with Gasteiger partial charge in [0.05, 0.1) is 30.5 Å². The quantitative estimate of drug-likeness (QED) is 0.267. The van der Waals surface area contributed by atoms with E-state index in [2.05, 4.69) is 38.8 Å². The van der Waals surface area contributed by atoms with Gasteiger partial charge in [0.25, 0.3) is 0 Å². The van der Waals surface area contributed by atoms with Gasteiger partial charge in [0.15, 0.2) is 0 Å². The Morgan fingerprint density at radius 1 is 0.974 bits per heavy atom. The van der Waals surface area contributed by atoms with Crippen molar-refractivity contribution < 1.29 is 37.6 Å². The molecule has 222 valence electrons. The molecular formula is C29H52O8S. The summed E-state index contributed by atoms with van der Waals surface area (Å²) in [7, 11) is -4.42. The minimum Gasteiger partial charge on any atom is -0.393 e. The SMILES string of the molecule is CC(C)[C@@H](CCOS(=O)(=O)O)CC[C@@H](C)[C@H]1CC(O)C2C3C[C@@H](O)[C@@]4(O)C[C@@H](O)CC[C@]4(C)C3CC[C@@]21C. The van der Waals surface area contributed by atoms with E-state index in [4.69, 9.17) is 4.55 Å². The zero-order valence-electron chi connectivity index (χ0n) is 23.9. The molecule has 5 N–H and O–H groups in total. The highest BCUT2D eigenvalue weighted by Crippen LogP contribution is 2.69. The van der Waals surface area contributed by atoms with Gasteiger partial charge in [0.2, 0.25) is 0 Å². The van der Waals surface area contributed by atoms with Crippen LogP contribution in [0.15, 0.2) is 0 Å². The third-order valence-electron chi connectivity index (χ3n) is 12.2. The Labute approximate surface area is 229 Å². The molecule has 0 heterocycles. The smallest absolute Gasteiger partial charge is 0.393 e. The van der Waals surface area contributed by atoms with Gasteiger partial charge in [-0.2, -0.15) is 8.42 Å². The van der Waals surface area contributed by atoms with E-state index < -0.39 is 39.7 Å². The van der Waals surface area contributed by atoms with E-state index >= 15 is 0 Å². The van der Waals surface area contributed by atoms with Crippen LogP contribution in [0.4, 0.5) is 0 Å². The molecule has 4 rings (SSSR count). The first-order chi connectivity index (χ1) is 17.5. The largest absolute Gasteiger partial charge is 0.397 e. The predicted octanol–water partition coefficient (Wildman–Crippen LogP) is 3.96. The molecule has 8 nitrogen and oxygen atoms in total. The minimum atomic E-state index is -4.42. The van der Waals surface area contributed by atoms with E-state index in [1.54, 1.807) is 0 Å². The van der Waals surface area contributed by atoms with Gasteiger partial charge >= 0.3 is 10.4 Å². The Kier molecular flexibility index (Phi) is 8.75. The third kappa shape index (κ3) is 5.35. The fraction of sp³-hybridized carbons (Fsp3) is 1.00. The molecule has 0 aromatic heterocycles. The summed E-state index contributed by atoms with van der Waals surface area (Å²) < 4.78 is 35.3. The minimum absolute atomic E-state index is 0.0223. The molecule has 0 aromatic rings. The molecule has 0 bridgehead atoms. The molecule has 0 saturated heterocycles. The summed E-state index contributed by atoms with van der Waals surface area (Å²) in [5, 5.41) is 44.8. The first-order valence-electron chi connectivity index (χ1n) is 14.9. The van der Waals surface area contributed by atoms with Gasteiger partial charge < -0.3 is 20.4 Å². The Morgan fingerprint density at radius 3 is 2.29 bits per heavy atom. The van der Waals surface area contributed by atoms with Gasteiger partial charge in [-0.1, -0.05) is 41.0 Å². The highest BCUT2D eigenvalue weighted by molar-refractivity contribution is 7.80. The summed E-state index contributed by atoms with van der Waals surface area (Å²) in [6.45, 7) is 11.0. The monoisotopic (exact) mass is 560 g/mol. The summed E-state index contributed by atoms with van der Waals surface area (Å²) >= 11 is 0. The number of hydrogen-bond donors (Lipinski definition) is 5. The molecule has 0 aliphatic heterocycles. The van der Waals surface area contributed by atoms with Gasteiger partial charge in [-0.15, -0.1) is 0 Å². The fourth-order valence-electron chi connectivity index (χ4n) is 10.1. The van der Waals surface area contributed by atoms with Crippen LogP contribution in [0.25, 0.3) is 0 Å². The van der Waals surface area contributed by atoms with Crippen molar-refractivity contribution >= 4 is 10.4 Å². The number of fused-ring (bicyclic) bond motifs is 5. The molecule has 4 aliphatic rings. The molecule has 0 spiro atoms. The van der Waals surface area contributed by atoms with E-state index in [0.29, 0.717) is 43.4 Å². The van der Waals surface area contributed by atoms with Gasteiger partial charge in [0.1, 0.15) is 0 Å². The van der Waals surface area contributed by atoms with Crippen LogP contribution in [-0.2, 0) is 14.6 Å². The van der Waals surface area contributed by atoms with Crippen molar-refractivity contribution in [3.63, 3.8) is 0 Å². The number of aliphatic hydroxyl groups is 4. The molecule has 0 amide bonds. The van der Waals surface area contributed by atoms with Crippen molar-refractivity contribution in [2.45, 2.75) is 123 Å². The highest BCUT2D eigenvalue weighted by Gasteiger charge is 2.68. The lowest BCUT2D eigenvalue weighted by Crippen LogP contribution is -2.69. The summed E-state index contributed by atoms with van der Waals surface area (Å²) in [6.07, 6.45) is 5.31. The van der Waals surface area contributed by atoms with E-state index in [1.807, 2.05) is 0 Å². The Balaban J connectivity index is 1.47. The van der Waals surface area contributed by atoms with Crippen LogP contribution < -0.4 is 0 Å². The van der Waals surface area contributed by atoms with Crippen molar-refractivity contribution in [1.82, 2.24) is 0 Å². The molecule has 4 saturated carbocycles. The number of aliphatic hydroxyl groups excluding tert-OH is 3. The third-order valence-corrected chi connectivity index (χ3v) is 12.7. The fourth-order valence-corrected chi connectivity index (χ4v) is 10.4. The predicted molar refractivity (Wildman–Crippen MR) is 144 cm³/mol. The van der Waals surface area contributed by atoms with Crippen LogP contribution in [0, 0.1) is 52.3 Å². The second-order valence-electron chi connectivity index (χ2n) is 14.3. The normalized spacial score (nSPS) is 46.8. The highest BCUT2D eigenvalue weighted by atomic mass is 32.3. The topological polar surface area (TPSA) is 145 Å². The average Bonchev–Trinajstić information content (AvgIpc) is 3.08. The lowest BCUT2D eigenvalue weighted by molar-refractivity contribution is -0.268. The van der Waals surface area contributed by atoms with Crippen LogP contribution in [0.3, 0.4) is 0 Å². The lowest BCUT2D eigenvalue weighted by atomic mass is 9.42. The summed E-state index contributed by atoms with van der Waals surface area (Å²) in [5.41, 5.74) is -1.78. The van der Waals surface area contributed by atoms with Gasteiger partial charge in [-0.3, -0.25) is 4.55 Å². The molecule has 0 aromatic carbocycles. The molecule has 12 atom stereocenters. The Bertz CT molecular complexity index is 941. The Hall–Kier alpha value is -0.290. The number of hydrogen-bond acceptors (Lipinski definition) is 7. The molecule has 4 unspecified atom stereocenters. The summed E-state index contributed by atoms with van der Waals surface area (Å²) in [5.74, 6) is 1.82. The van der Waals surface area contributed by atoms with Crippen LogP contribution in [-0.4, -0.2) is 63.9 Å². The molecule has 4 fully saturated rings. The van der Waals surface area contributed by atoms with Crippen LogP contribution in [0.2, 0.25) is 0 Å². The number of rotatable bonds is 9. The Morgan fingerprint density at radius 2 is 1.66 bits per heavy atom. The van der Waals surface area contributed by atoms with Gasteiger partial charge in [-0.25, -0.2) is 4.18 Å². The van der Waals surface area contributed by atoms with E-state index in [-0.39, 0.29) is 42.1 Å². The van der Waals surface area contributed by atoms with Gasteiger partial charge in [0, 0.05) is 11.8 Å².